The Bertz CT molecular complexity index is 643. The third-order valence-corrected chi connectivity index (χ3v) is 4.46. The van der Waals surface area contributed by atoms with E-state index in [1.54, 1.807) is 6.07 Å². The molecule has 27 heavy (non-hydrogen) atoms. The van der Waals surface area contributed by atoms with Crippen LogP contribution in [0.3, 0.4) is 0 Å². The molecule has 2 heterocycles. The average Bonchev–Trinajstić information content (AvgIpc) is 2.58. The highest BCUT2D eigenvalue weighted by atomic mass is 16.6. The van der Waals surface area contributed by atoms with Crippen molar-refractivity contribution in [1.82, 2.24) is 15.2 Å². The van der Waals surface area contributed by atoms with E-state index in [4.69, 9.17) is 4.74 Å². The molecule has 1 aliphatic rings. The molecule has 1 unspecified atom stereocenters. The maximum Gasteiger partial charge on any atom is 0.407 e. The standard InChI is InChI=1S/C20H31N3O4/c1-20(2,3)27-19(26)22-16-8-6-12-23(13-16)11-5-4-7-15-9-10-18(25)17(14-24)21-15/h9-10,14,16,25H,4-8,11-13H2,1-3H3,(H,22,26). The smallest absolute Gasteiger partial charge is 0.407 e. The second-order valence-electron chi connectivity index (χ2n) is 8.07. The Kier molecular flexibility index (Phi) is 7.59. The van der Waals surface area contributed by atoms with E-state index in [9.17, 15) is 14.7 Å². The third kappa shape index (κ3) is 7.54. The summed E-state index contributed by atoms with van der Waals surface area (Å²) in [5, 5.41) is 12.5. The van der Waals surface area contributed by atoms with Crippen molar-refractivity contribution in [2.45, 2.75) is 64.5 Å². The van der Waals surface area contributed by atoms with Gasteiger partial charge in [0.15, 0.2) is 6.29 Å². The summed E-state index contributed by atoms with van der Waals surface area (Å²) in [4.78, 5) is 29.3. The number of aromatic nitrogens is 1. The Morgan fingerprint density at radius 1 is 1.41 bits per heavy atom. The van der Waals surface area contributed by atoms with Crippen LogP contribution in [-0.4, -0.2) is 58.6 Å². The predicted molar refractivity (Wildman–Crippen MR) is 103 cm³/mol. The van der Waals surface area contributed by atoms with Crippen molar-refractivity contribution in [2.24, 2.45) is 0 Å². The van der Waals surface area contributed by atoms with Crippen LogP contribution in [-0.2, 0) is 11.2 Å². The Labute approximate surface area is 161 Å². The lowest BCUT2D eigenvalue weighted by atomic mass is 10.1. The minimum atomic E-state index is -0.482. The van der Waals surface area contributed by atoms with E-state index in [-0.39, 0.29) is 23.6 Å². The summed E-state index contributed by atoms with van der Waals surface area (Å²) in [5.74, 6) is -0.0782. The number of rotatable bonds is 7. The molecule has 7 heteroatoms. The molecule has 0 aliphatic carbocycles. The van der Waals surface area contributed by atoms with Gasteiger partial charge in [-0.1, -0.05) is 0 Å². The molecule has 2 rings (SSSR count). The van der Waals surface area contributed by atoms with Crippen LogP contribution in [0.2, 0.25) is 0 Å². The lowest BCUT2D eigenvalue weighted by Gasteiger charge is -2.33. The maximum atomic E-state index is 11.9. The number of nitrogens with one attached hydrogen (secondary N) is 1. The number of unbranched alkanes of at least 4 members (excludes halogenated alkanes) is 1. The van der Waals surface area contributed by atoms with Crippen LogP contribution < -0.4 is 5.32 Å². The van der Waals surface area contributed by atoms with Gasteiger partial charge in [-0.3, -0.25) is 4.79 Å². The Balaban J connectivity index is 1.70. The zero-order valence-electron chi connectivity index (χ0n) is 16.5. The molecule has 1 fully saturated rings. The molecule has 0 aromatic carbocycles. The van der Waals surface area contributed by atoms with Gasteiger partial charge in [0.1, 0.15) is 17.0 Å². The number of hydrogen-bond donors (Lipinski definition) is 2. The minimum Gasteiger partial charge on any atom is -0.506 e. The summed E-state index contributed by atoms with van der Waals surface area (Å²) < 4.78 is 5.33. The molecule has 0 saturated carbocycles. The number of aldehydes is 1. The molecular formula is C20H31N3O4. The van der Waals surface area contributed by atoms with E-state index in [2.05, 4.69) is 15.2 Å². The third-order valence-electron chi connectivity index (χ3n) is 4.46. The van der Waals surface area contributed by atoms with Crippen molar-refractivity contribution in [3.05, 3.63) is 23.5 Å². The van der Waals surface area contributed by atoms with Crippen molar-refractivity contribution in [3.8, 4) is 5.75 Å². The monoisotopic (exact) mass is 377 g/mol. The minimum absolute atomic E-state index is 0.0782. The fourth-order valence-corrected chi connectivity index (χ4v) is 3.23. The largest absolute Gasteiger partial charge is 0.506 e. The van der Waals surface area contributed by atoms with Gasteiger partial charge < -0.3 is 20.1 Å². The van der Waals surface area contributed by atoms with Gasteiger partial charge in [-0.25, -0.2) is 9.78 Å². The normalized spacial score (nSPS) is 18.1. The number of likely N-dealkylation sites (tertiary alicyclic amines) is 1. The van der Waals surface area contributed by atoms with Gasteiger partial charge >= 0.3 is 6.09 Å². The Morgan fingerprint density at radius 3 is 2.89 bits per heavy atom. The van der Waals surface area contributed by atoms with Crippen LogP contribution in [0.15, 0.2) is 12.1 Å². The fraction of sp³-hybridized carbons (Fsp3) is 0.650. The summed E-state index contributed by atoms with van der Waals surface area (Å²) in [5.41, 5.74) is 0.433. The number of aryl methyl sites for hydroxylation is 1. The van der Waals surface area contributed by atoms with E-state index in [1.165, 1.54) is 6.07 Å². The molecule has 1 aliphatic heterocycles. The van der Waals surface area contributed by atoms with Crippen LogP contribution in [0, 0.1) is 0 Å². The molecular weight excluding hydrogens is 346 g/mol. The summed E-state index contributed by atoms with van der Waals surface area (Å²) in [6.45, 7) is 8.43. The molecule has 1 amide bonds. The highest BCUT2D eigenvalue weighted by molar-refractivity contribution is 5.75. The molecule has 1 aromatic rings. The summed E-state index contributed by atoms with van der Waals surface area (Å²) in [6, 6.07) is 3.40. The zero-order chi connectivity index (χ0) is 19.9. The first-order valence-corrected chi connectivity index (χ1v) is 9.63. The van der Waals surface area contributed by atoms with Gasteiger partial charge in [0.2, 0.25) is 0 Å². The number of aromatic hydroxyl groups is 1. The number of hydrogen-bond acceptors (Lipinski definition) is 6. The molecule has 0 bridgehead atoms. The number of carbonyl (C=O) groups excluding carboxylic acids is 2. The second kappa shape index (κ2) is 9.69. The summed E-state index contributed by atoms with van der Waals surface area (Å²) in [7, 11) is 0. The molecule has 150 valence electrons. The number of pyridine rings is 1. The van der Waals surface area contributed by atoms with Gasteiger partial charge in [0.25, 0.3) is 0 Å². The molecule has 0 radical (unpaired) electrons. The van der Waals surface area contributed by atoms with Crippen LogP contribution in [0.4, 0.5) is 4.79 Å². The first kappa shape index (κ1) is 21.2. The number of nitrogens with zero attached hydrogens (tertiary/aromatic N) is 2. The lowest BCUT2D eigenvalue weighted by molar-refractivity contribution is 0.0472. The molecule has 1 aromatic heterocycles. The fourth-order valence-electron chi connectivity index (χ4n) is 3.23. The van der Waals surface area contributed by atoms with E-state index in [0.29, 0.717) is 6.29 Å². The predicted octanol–water partition coefficient (Wildman–Crippen LogP) is 2.91. The topological polar surface area (TPSA) is 91.8 Å². The first-order chi connectivity index (χ1) is 12.8. The maximum absolute atomic E-state index is 11.9. The first-order valence-electron chi connectivity index (χ1n) is 9.63. The average molecular weight is 377 g/mol. The number of piperidine rings is 1. The van der Waals surface area contributed by atoms with Crippen LogP contribution in [0.5, 0.6) is 5.75 Å². The second-order valence-corrected chi connectivity index (χ2v) is 8.07. The van der Waals surface area contributed by atoms with Gasteiger partial charge in [0, 0.05) is 18.3 Å². The Hall–Kier alpha value is -2.15. The van der Waals surface area contributed by atoms with E-state index in [1.807, 2.05) is 20.8 Å². The van der Waals surface area contributed by atoms with Gasteiger partial charge in [0.05, 0.1) is 0 Å². The zero-order valence-corrected chi connectivity index (χ0v) is 16.5. The highest BCUT2D eigenvalue weighted by Crippen LogP contribution is 2.15. The highest BCUT2D eigenvalue weighted by Gasteiger charge is 2.23. The van der Waals surface area contributed by atoms with Crippen molar-refractivity contribution < 1.29 is 19.4 Å². The van der Waals surface area contributed by atoms with Crippen LogP contribution in [0.1, 0.15) is 62.6 Å². The van der Waals surface area contributed by atoms with Gasteiger partial charge in [-0.05, 0) is 78.1 Å². The quantitative estimate of drug-likeness (QED) is 0.561. The molecule has 1 saturated heterocycles. The van der Waals surface area contributed by atoms with Crippen LogP contribution >= 0.6 is 0 Å². The summed E-state index contributed by atoms with van der Waals surface area (Å²) >= 11 is 0. The van der Waals surface area contributed by atoms with E-state index in [0.717, 1.165) is 57.4 Å². The summed E-state index contributed by atoms with van der Waals surface area (Å²) in [6.07, 6.45) is 5.00. The van der Waals surface area contributed by atoms with E-state index >= 15 is 0 Å². The lowest BCUT2D eigenvalue weighted by Crippen LogP contribution is -2.49. The van der Waals surface area contributed by atoms with Crippen molar-refractivity contribution in [3.63, 3.8) is 0 Å². The molecule has 7 nitrogen and oxygen atoms in total. The van der Waals surface area contributed by atoms with Gasteiger partial charge in [-0.15, -0.1) is 0 Å². The molecule has 1 atom stereocenters. The van der Waals surface area contributed by atoms with Crippen molar-refractivity contribution in [1.29, 1.82) is 0 Å². The number of amides is 1. The Morgan fingerprint density at radius 2 is 2.19 bits per heavy atom. The van der Waals surface area contributed by atoms with Gasteiger partial charge in [-0.2, -0.15) is 0 Å². The number of carbonyl (C=O) groups is 2. The van der Waals surface area contributed by atoms with Crippen LogP contribution in [0.25, 0.3) is 0 Å². The molecule has 0 spiro atoms. The van der Waals surface area contributed by atoms with E-state index < -0.39 is 5.60 Å². The van der Waals surface area contributed by atoms with Crippen molar-refractivity contribution >= 4 is 12.4 Å². The van der Waals surface area contributed by atoms with Crippen molar-refractivity contribution in [2.75, 3.05) is 19.6 Å². The SMILES string of the molecule is CC(C)(C)OC(=O)NC1CCCN(CCCCc2ccc(O)c(C=O)n2)C1. The molecule has 2 N–H and O–H groups in total. The number of ether oxygens (including phenoxy) is 1. The number of alkyl carbamates (subject to hydrolysis) is 1.